The van der Waals surface area contributed by atoms with Crippen molar-refractivity contribution in [2.24, 2.45) is 0 Å². The van der Waals surface area contributed by atoms with Crippen LogP contribution in [-0.4, -0.2) is 33.7 Å². The SMILES string of the molecule is C[C@H](OC(=O)c1cc(-c2ccccc2)n[nH]1)C(=O)NC1(C#N)CCCCC1. The van der Waals surface area contributed by atoms with E-state index in [0.29, 0.717) is 18.5 Å². The fourth-order valence-corrected chi connectivity index (χ4v) is 3.22. The standard InChI is InChI=1S/C20H22N4O3/c1-14(18(25)22-20(13-21)10-6-3-7-11-20)27-19(26)17-12-16(23-24-17)15-8-4-2-5-9-15/h2,4-5,8-9,12,14H,3,6-7,10-11H2,1H3,(H,22,25)(H,23,24)/t14-/m0/s1. The van der Waals surface area contributed by atoms with Gasteiger partial charge >= 0.3 is 5.97 Å². The number of hydrogen-bond acceptors (Lipinski definition) is 5. The van der Waals surface area contributed by atoms with Crippen LogP contribution >= 0.6 is 0 Å². The van der Waals surface area contributed by atoms with Gasteiger partial charge in [0.25, 0.3) is 5.91 Å². The van der Waals surface area contributed by atoms with Gasteiger partial charge in [-0.1, -0.05) is 49.6 Å². The number of hydrogen-bond donors (Lipinski definition) is 2. The maximum Gasteiger partial charge on any atom is 0.357 e. The van der Waals surface area contributed by atoms with Crippen molar-refractivity contribution in [2.75, 3.05) is 0 Å². The highest BCUT2D eigenvalue weighted by Gasteiger charge is 2.35. The molecule has 2 N–H and O–H groups in total. The monoisotopic (exact) mass is 366 g/mol. The normalized spacial score (nSPS) is 16.7. The van der Waals surface area contributed by atoms with Gasteiger partial charge in [-0.2, -0.15) is 10.4 Å². The molecule has 0 bridgehead atoms. The summed E-state index contributed by atoms with van der Waals surface area (Å²) < 4.78 is 5.25. The Balaban J connectivity index is 1.61. The molecular formula is C20H22N4O3. The van der Waals surface area contributed by atoms with Gasteiger partial charge in [-0.25, -0.2) is 4.79 Å². The molecule has 2 aromatic rings. The van der Waals surface area contributed by atoms with Gasteiger partial charge in [-0.3, -0.25) is 9.89 Å². The number of nitriles is 1. The lowest BCUT2D eigenvalue weighted by Crippen LogP contribution is -2.52. The molecule has 0 spiro atoms. The Hall–Kier alpha value is -3.14. The number of carbonyl (C=O) groups excluding carboxylic acids is 2. The van der Waals surface area contributed by atoms with Gasteiger partial charge in [-0.05, 0) is 25.8 Å². The van der Waals surface area contributed by atoms with Crippen molar-refractivity contribution < 1.29 is 14.3 Å². The predicted octanol–water partition coefficient (Wildman–Crippen LogP) is 2.96. The summed E-state index contributed by atoms with van der Waals surface area (Å²) >= 11 is 0. The maximum absolute atomic E-state index is 12.4. The number of aromatic amines is 1. The van der Waals surface area contributed by atoms with Crippen molar-refractivity contribution in [2.45, 2.75) is 50.7 Å². The lowest BCUT2D eigenvalue weighted by molar-refractivity contribution is -0.130. The lowest BCUT2D eigenvalue weighted by Gasteiger charge is -2.32. The van der Waals surface area contributed by atoms with Gasteiger partial charge < -0.3 is 10.1 Å². The van der Waals surface area contributed by atoms with Gasteiger partial charge in [-0.15, -0.1) is 0 Å². The minimum Gasteiger partial charge on any atom is -0.448 e. The molecule has 0 saturated heterocycles. The summed E-state index contributed by atoms with van der Waals surface area (Å²) in [5.74, 6) is -1.13. The number of rotatable bonds is 5. The first kappa shape index (κ1) is 18.6. The van der Waals surface area contributed by atoms with Crippen LogP contribution in [0.1, 0.15) is 49.5 Å². The fourth-order valence-electron chi connectivity index (χ4n) is 3.22. The molecule has 3 rings (SSSR count). The average molecular weight is 366 g/mol. The Bertz CT molecular complexity index is 848. The molecule has 1 aromatic heterocycles. The highest BCUT2D eigenvalue weighted by atomic mass is 16.5. The highest BCUT2D eigenvalue weighted by Crippen LogP contribution is 2.27. The zero-order valence-electron chi connectivity index (χ0n) is 15.2. The molecule has 140 valence electrons. The molecule has 27 heavy (non-hydrogen) atoms. The molecule has 0 radical (unpaired) electrons. The van der Waals surface area contributed by atoms with Crippen molar-refractivity contribution in [1.29, 1.82) is 5.26 Å². The summed E-state index contributed by atoms with van der Waals surface area (Å²) in [4.78, 5) is 24.7. The number of nitrogens with zero attached hydrogens (tertiary/aromatic N) is 2. The number of aromatic nitrogens is 2. The largest absolute Gasteiger partial charge is 0.448 e. The molecule has 7 heteroatoms. The summed E-state index contributed by atoms with van der Waals surface area (Å²) in [6, 6.07) is 13.2. The van der Waals surface area contributed by atoms with E-state index in [1.165, 1.54) is 6.92 Å². The van der Waals surface area contributed by atoms with Crippen LogP contribution in [0, 0.1) is 11.3 Å². The number of H-pyrrole nitrogens is 1. The van der Waals surface area contributed by atoms with Crippen molar-refractivity contribution in [1.82, 2.24) is 15.5 Å². The zero-order valence-corrected chi connectivity index (χ0v) is 15.2. The Morgan fingerprint density at radius 1 is 1.26 bits per heavy atom. The molecule has 1 aliphatic rings. The molecule has 0 aliphatic heterocycles. The smallest absolute Gasteiger partial charge is 0.357 e. The molecule has 7 nitrogen and oxygen atoms in total. The maximum atomic E-state index is 12.4. The highest BCUT2D eigenvalue weighted by molar-refractivity contribution is 5.91. The minimum atomic E-state index is -1.01. The van der Waals surface area contributed by atoms with Crippen LogP contribution in [-0.2, 0) is 9.53 Å². The molecule has 1 aliphatic carbocycles. The first-order chi connectivity index (χ1) is 13.0. The Morgan fingerprint density at radius 3 is 2.63 bits per heavy atom. The Kier molecular flexibility index (Phi) is 5.55. The number of esters is 1. The van der Waals surface area contributed by atoms with Crippen LogP contribution in [0.15, 0.2) is 36.4 Å². The van der Waals surface area contributed by atoms with E-state index in [0.717, 1.165) is 24.8 Å². The third kappa shape index (κ3) is 4.34. The summed E-state index contributed by atoms with van der Waals surface area (Å²) in [6.07, 6.45) is 3.10. The predicted molar refractivity (Wildman–Crippen MR) is 98.5 cm³/mol. The second kappa shape index (κ2) is 8.04. The van der Waals surface area contributed by atoms with Crippen LogP contribution < -0.4 is 5.32 Å². The molecule has 1 fully saturated rings. The van der Waals surface area contributed by atoms with Crippen LogP contribution in [0.3, 0.4) is 0 Å². The molecule has 1 atom stereocenters. The molecule has 1 amide bonds. The van der Waals surface area contributed by atoms with Crippen LogP contribution in [0.5, 0.6) is 0 Å². The molecule has 1 saturated carbocycles. The molecule has 1 aromatic carbocycles. The zero-order chi connectivity index (χ0) is 19.3. The number of carbonyl (C=O) groups is 2. The van der Waals surface area contributed by atoms with E-state index >= 15 is 0 Å². The quantitative estimate of drug-likeness (QED) is 0.791. The van der Waals surface area contributed by atoms with Crippen molar-refractivity contribution >= 4 is 11.9 Å². The minimum absolute atomic E-state index is 0.168. The summed E-state index contributed by atoms with van der Waals surface area (Å²) in [6.45, 7) is 1.50. The van der Waals surface area contributed by atoms with Gasteiger partial charge in [0.15, 0.2) is 6.10 Å². The summed E-state index contributed by atoms with van der Waals surface area (Å²) in [5.41, 5.74) is 0.795. The second-order valence-corrected chi connectivity index (χ2v) is 6.82. The lowest BCUT2D eigenvalue weighted by atomic mass is 9.83. The van der Waals surface area contributed by atoms with E-state index in [4.69, 9.17) is 4.74 Å². The van der Waals surface area contributed by atoms with E-state index in [9.17, 15) is 14.9 Å². The van der Waals surface area contributed by atoms with E-state index in [1.807, 2.05) is 30.3 Å². The van der Waals surface area contributed by atoms with E-state index in [1.54, 1.807) is 6.07 Å². The van der Waals surface area contributed by atoms with Crippen LogP contribution in [0.25, 0.3) is 11.3 Å². The van der Waals surface area contributed by atoms with Gasteiger partial charge in [0.05, 0.1) is 11.8 Å². The van der Waals surface area contributed by atoms with E-state index < -0.39 is 23.5 Å². The van der Waals surface area contributed by atoms with Crippen molar-refractivity contribution in [3.05, 3.63) is 42.1 Å². The number of benzene rings is 1. The molecular weight excluding hydrogens is 344 g/mol. The second-order valence-electron chi connectivity index (χ2n) is 6.82. The first-order valence-electron chi connectivity index (χ1n) is 9.08. The van der Waals surface area contributed by atoms with Gasteiger partial charge in [0.1, 0.15) is 11.2 Å². The third-order valence-corrected chi connectivity index (χ3v) is 4.80. The number of ether oxygens (including phenoxy) is 1. The first-order valence-corrected chi connectivity index (χ1v) is 9.08. The molecule has 1 heterocycles. The average Bonchev–Trinajstić information content (AvgIpc) is 3.19. The summed E-state index contributed by atoms with van der Waals surface area (Å²) in [5, 5.41) is 19.0. The Labute approximate surface area is 157 Å². The Morgan fingerprint density at radius 2 is 1.96 bits per heavy atom. The summed E-state index contributed by atoms with van der Waals surface area (Å²) in [7, 11) is 0. The van der Waals surface area contributed by atoms with Gasteiger partial charge in [0.2, 0.25) is 0 Å². The van der Waals surface area contributed by atoms with E-state index in [-0.39, 0.29) is 5.69 Å². The topological polar surface area (TPSA) is 108 Å². The van der Waals surface area contributed by atoms with Crippen LogP contribution in [0.2, 0.25) is 0 Å². The molecule has 0 unspecified atom stereocenters. The van der Waals surface area contributed by atoms with E-state index in [2.05, 4.69) is 21.6 Å². The third-order valence-electron chi connectivity index (χ3n) is 4.80. The van der Waals surface area contributed by atoms with Crippen molar-refractivity contribution in [3.63, 3.8) is 0 Å². The fraction of sp³-hybridized carbons (Fsp3) is 0.400. The number of amides is 1. The van der Waals surface area contributed by atoms with Crippen LogP contribution in [0.4, 0.5) is 0 Å². The number of nitrogens with one attached hydrogen (secondary N) is 2. The van der Waals surface area contributed by atoms with Gasteiger partial charge in [0, 0.05) is 5.56 Å². The van der Waals surface area contributed by atoms with Crippen molar-refractivity contribution in [3.8, 4) is 17.3 Å².